The van der Waals surface area contributed by atoms with Crippen molar-refractivity contribution in [2.75, 3.05) is 26.0 Å². The Balaban J connectivity index is 1.60. The lowest BCUT2D eigenvalue weighted by atomic mass is 9.82. The number of fused-ring (bicyclic) bond motifs is 5. The minimum absolute atomic E-state index is 0.0519. The van der Waals surface area contributed by atoms with E-state index >= 15 is 0 Å². The molecule has 4 aliphatic rings. The molecule has 1 aromatic rings. The molecular weight excluding hydrogens is 388 g/mol. The van der Waals surface area contributed by atoms with Gasteiger partial charge in [0.25, 0.3) is 0 Å². The van der Waals surface area contributed by atoms with E-state index in [1.54, 1.807) is 0 Å². The standard InChI is InChI=1S/C22H34N2O4S/c1-3-17-14-24-13-12-20(23-29(2,25)26)21(24)15-27-18-10-8-16(9-11-18)19-6-4-5-7-22(19)28-17/h4-7,16-18,20-21,23H,3,8-15H2,1-2H3/t16-,17-,18+,20-,21-/m0/s1. The highest BCUT2D eigenvalue weighted by Crippen LogP contribution is 2.39. The summed E-state index contributed by atoms with van der Waals surface area (Å²) in [4.78, 5) is 2.37. The number of hydrogen-bond acceptors (Lipinski definition) is 5. The molecule has 0 aromatic heterocycles. The first kappa shape index (κ1) is 21.1. The molecule has 2 bridgehead atoms. The quantitative estimate of drug-likeness (QED) is 0.811. The SMILES string of the molecule is CC[C@H]1CN2CC[C@H](NS(C)(=O)=O)[C@@H]2CO[C@H]2CC[C@H](CC2)c2ccccc2O1. The Morgan fingerprint density at radius 1 is 1.14 bits per heavy atom. The molecule has 0 spiro atoms. The van der Waals surface area contributed by atoms with E-state index in [1.165, 1.54) is 11.8 Å². The molecule has 1 N–H and O–H groups in total. The lowest BCUT2D eigenvalue weighted by Gasteiger charge is -2.32. The van der Waals surface area contributed by atoms with Gasteiger partial charge >= 0.3 is 0 Å². The summed E-state index contributed by atoms with van der Waals surface area (Å²) in [5.74, 6) is 1.55. The maximum atomic E-state index is 11.9. The van der Waals surface area contributed by atoms with Gasteiger partial charge in [0, 0.05) is 25.2 Å². The van der Waals surface area contributed by atoms with E-state index in [0.29, 0.717) is 12.5 Å². The van der Waals surface area contributed by atoms with Crippen molar-refractivity contribution in [3.63, 3.8) is 0 Å². The van der Waals surface area contributed by atoms with E-state index in [1.807, 2.05) is 0 Å². The molecule has 1 saturated heterocycles. The van der Waals surface area contributed by atoms with E-state index in [-0.39, 0.29) is 24.3 Å². The van der Waals surface area contributed by atoms with Crippen LogP contribution in [0.15, 0.2) is 24.3 Å². The molecule has 5 rings (SSSR count). The Bertz CT molecular complexity index is 792. The third kappa shape index (κ3) is 5.13. The highest BCUT2D eigenvalue weighted by atomic mass is 32.2. The third-order valence-corrected chi connectivity index (χ3v) is 7.48. The number of rotatable bonds is 3. The zero-order chi connectivity index (χ0) is 20.4. The fourth-order valence-corrected chi connectivity index (χ4v) is 5.99. The first-order chi connectivity index (χ1) is 13.9. The largest absolute Gasteiger partial charge is 0.489 e. The maximum Gasteiger partial charge on any atom is 0.209 e. The van der Waals surface area contributed by atoms with E-state index in [4.69, 9.17) is 9.47 Å². The van der Waals surface area contributed by atoms with Crippen LogP contribution in [0, 0.1) is 0 Å². The summed E-state index contributed by atoms with van der Waals surface area (Å²) in [5.41, 5.74) is 1.33. The molecular formula is C22H34N2O4S. The van der Waals surface area contributed by atoms with Gasteiger partial charge < -0.3 is 9.47 Å². The second-order valence-corrected chi connectivity index (χ2v) is 10.6. The summed E-state index contributed by atoms with van der Waals surface area (Å²) in [7, 11) is -3.25. The van der Waals surface area contributed by atoms with Crippen molar-refractivity contribution >= 4 is 10.0 Å². The average molecular weight is 423 g/mol. The van der Waals surface area contributed by atoms with Crippen LogP contribution in [0.5, 0.6) is 5.75 Å². The van der Waals surface area contributed by atoms with E-state index in [9.17, 15) is 8.42 Å². The summed E-state index contributed by atoms with van der Waals surface area (Å²) in [6.45, 7) is 4.38. The first-order valence-corrected chi connectivity index (χ1v) is 12.9. The van der Waals surface area contributed by atoms with Gasteiger partial charge in [0.05, 0.1) is 19.0 Å². The van der Waals surface area contributed by atoms with Crippen molar-refractivity contribution in [2.24, 2.45) is 0 Å². The number of benzene rings is 1. The molecule has 1 aromatic carbocycles. The highest BCUT2D eigenvalue weighted by Gasteiger charge is 2.38. The van der Waals surface area contributed by atoms with Crippen LogP contribution in [0.2, 0.25) is 0 Å². The van der Waals surface area contributed by atoms with Crippen molar-refractivity contribution < 1.29 is 17.9 Å². The molecule has 3 heterocycles. The monoisotopic (exact) mass is 422 g/mol. The fourth-order valence-electron chi connectivity index (χ4n) is 5.17. The highest BCUT2D eigenvalue weighted by molar-refractivity contribution is 7.88. The molecule has 0 radical (unpaired) electrons. The van der Waals surface area contributed by atoms with Gasteiger partial charge in [0.1, 0.15) is 11.9 Å². The molecule has 0 unspecified atom stereocenters. The number of hydrogen-bond donors (Lipinski definition) is 1. The van der Waals surface area contributed by atoms with Crippen molar-refractivity contribution in [2.45, 2.75) is 75.7 Å². The second-order valence-electron chi connectivity index (χ2n) is 8.84. The van der Waals surface area contributed by atoms with Crippen molar-refractivity contribution in [1.82, 2.24) is 9.62 Å². The van der Waals surface area contributed by atoms with Gasteiger partial charge in [-0.3, -0.25) is 4.90 Å². The molecule has 29 heavy (non-hydrogen) atoms. The first-order valence-electron chi connectivity index (χ1n) is 11.0. The Labute approximate surface area is 175 Å². The van der Waals surface area contributed by atoms with Crippen LogP contribution in [0.3, 0.4) is 0 Å². The summed E-state index contributed by atoms with van der Waals surface area (Å²) in [6.07, 6.45) is 7.63. The Kier molecular flexibility index (Phi) is 6.49. The Hall–Kier alpha value is -1.15. The van der Waals surface area contributed by atoms with Gasteiger partial charge in [-0.15, -0.1) is 0 Å². The van der Waals surface area contributed by atoms with Crippen LogP contribution in [0.4, 0.5) is 0 Å². The predicted molar refractivity (Wildman–Crippen MR) is 114 cm³/mol. The van der Waals surface area contributed by atoms with Crippen LogP contribution < -0.4 is 9.46 Å². The zero-order valence-electron chi connectivity index (χ0n) is 17.5. The molecule has 2 fully saturated rings. The van der Waals surface area contributed by atoms with Gasteiger partial charge in [-0.05, 0) is 56.1 Å². The lowest BCUT2D eigenvalue weighted by molar-refractivity contribution is -0.00971. The lowest BCUT2D eigenvalue weighted by Crippen LogP contribution is -2.49. The van der Waals surface area contributed by atoms with Crippen LogP contribution in [-0.2, 0) is 14.8 Å². The van der Waals surface area contributed by atoms with Gasteiger partial charge in [-0.25, -0.2) is 13.1 Å². The molecule has 0 amide bonds. The van der Waals surface area contributed by atoms with Gasteiger partial charge in [0.2, 0.25) is 10.0 Å². The van der Waals surface area contributed by atoms with Crippen molar-refractivity contribution in [1.29, 1.82) is 0 Å². The number of nitrogens with one attached hydrogen (secondary N) is 1. The van der Waals surface area contributed by atoms with Gasteiger partial charge in [-0.2, -0.15) is 0 Å². The Morgan fingerprint density at radius 3 is 2.62 bits per heavy atom. The molecule has 3 aliphatic heterocycles. The molecule has 1 aliphatic carbocycles. The van der Waals surface area contributed by atoms with Crippen LogP contribution in [0.1, 0.15) is 56.9 Å². The van der Waals surface area contributed by atoms with E-state index in [0.717, 1.165) is 57.4 Å². The zero-order valence-corrected chi connectivity index (χ0v) is 18.4. The molecule has 6 nitrogen and oxygen atoms in total. The summed E-state index contributed by atoms with van der Waals surface area (Å²) >= 11 is 0. The summed E-state index contributed by atoms with van der Waals surface area (Å²) in [5, 5.41) is 0. The molecule has 3 atom stereocenters. The van der Waals surface area contributed by atoms with Crippen molar-refractivity contribution in [3.8, 4) is 5.75 Å². The average Bonchev–Trinajstić information content (AvgIpc) is 3.06. The van der Waals surface area contributed by atoms with E-state index in [2.05, 4.69) is 40.8 Å². The molecule has 7 heteroatoms. The molecule has 162 valence electrons. The van der Waals surface area contributed by atoms with Crippen molar-refractivity contribution in [3.05, 3.63) is 29.8 Å². The fraction of sp³-hybridized carbons (Fsp3) is 0.727. The molecule has 1 saturated carbocycles. The minimum Gasteiger partial charge on any atom is -0.489 e. The number of sulfonamides is 1. The number of ether oxygens (including phenoxy) is 2. The summed E-state index contributed by atoms with van der Waals surface area (Å²) in [6, 6.07) is 8.45. The third-order valence-electron chi connectivity index (χ3n) is 6.75. The Morgan fingerprint density at radius 2 is 1.90 bits per heavy atom. The minimum atomic E-state index is -3.25. The second kappa shape index (κ2) is 8.92. The van der Waals surface area contributed by atoms with Gasteiger partial charge in [0.15, 0.2) is 0 Å². The maximum absolute atomic E-state index is 11.9. The van der Waals surface area contributed by atoms with E-state index < -0.39 is 10.0 Å². The number of nitrogens with zero attached hydrogens (tertiary/aromatic N) is 1. The number of para-hydroxylation sites is 1. The normalized spacial score (nSPS) is 33.7. The van der Waals surface area contributed by atoms with Crippen LogP contribution >= 0.6 is 0 Å². The predicted octanol–water partition coefficient (Wildman–Crippen LogP) is 2.89. The summed E-state index contributed by atoms with van der Waals surface area (Å²) < 4.78 is 39.5. The van der Waals surface area contributed by atoms with Gasteiger partial charge in [-0.1, -0.05) is 25.1 Å². The van der Waals surface area contributed by atoms with Crippen LogP contribution in [0.25, 0.3) is 0 Å². The topological polar surface area (TPSA) is 67.9 Å². The van der Waals surface area contributed by atoms with Crippen LogP contribution in [-0.4, -0.2) is 63.6 Å². The smallest absolute Gasteiger partial charge is 0.209 e.